The van der Waals surface area contributed by atoms with E-state index in [1.165, 1.54) is 6.07 Å². The summed E-state index contributed by atoms with van der Waals surface area (Å²) >= 11 is 1.04. The van der Waals surface area contributed by atoms with Gasteiger partial charge in [0.05, 0.1) is 16.9 Å². The van der Waals surface area contributed by atoms with Crippen molar-refractivity contribution in [2.75, 3.05) is 5.75 Å². The maximum absolute atomic E-state index is 13.9. The Hall–Kier alpha value is -2.61. The summed E-state index contributed by atoms with van der Waals surface area (Å²) in [6.07, 6.45) is 0. The Morgan fingerprint density at radius 1 is 1.08 bits per heavy atom. The molecular weight excluding hydrogens is 351 g/mol. The summed E-state index contributed by atoms with van der Waals surface area (Å²) in [4.78, 5) is 12.1. The second-order valence-corrected chi connectivity index (χ2v) is 6.12. The normalized spacial score (nSPS) is 10.9. The van der Waals surface area contributed by atoms with E-state index in [-0.39, 0.29) is 11.3 Å². The van der Waals surface area contributed by atoms with Crippen LogP contribution in [0.4, 0.5) is 13.2 Å². The van der Waals surface area contributed by atoms with E-state index in [1.54, 1.807) is 29.8 Å². The van der Waals surface area contributed by atoms with E-state index >= 15 is 0 Å². The molecule has 8 heteroatoms. The van der Waals surface area contributed by atoms with Gasteiger partial charge in [-0.1, -0.05) is 23.9 Å². The number of Topliss-reactive ketones (excluding diaryl/α,β-unsaturated/α-hetero) is 1. The fourth-order valence-electron chi connectivity index (χ4n) is 2.24. The zero-order chi connectivity index (χ0) is 18.0. The van der Waals surface area contributed by atoms with E-state index in [0.717, 1.165) is 23.9 Å². The van der Waals surface area contributed by atoms with E-state index in [9.17, 15) is 18.0 Å². The fourth-order valence-corrected chi connectivity index (χ4v) is 3.04. The largest absolute Gasteiger partial charge is 0.305 e. The summed E-state index contributed by atoms with van der Waals surface area (Å²) in [6, 6.07) is 8.94. The van der Waals surface area contributed by atoms with Crippen LogP contribution in [-0.4, -0.2) is 26.3 Å². The van der Waals surface area contributed by atoms with Crippen LogP contribution in [0, 0.1) is 17.5 Å². The maximum Gasteiger partial charge on any atom is 0.191 e. The van der Waals surface area contributed by atoms with Crippen LogP contribution in [0.3, 0.4) is 0 Å². The molecule has 3 aromatic rings. The van der Waals surface area contributed by atoms with Crippen LogP contribution in [-0.2, 0) is 7.05 Å². The number of ketones is 1. The molecule has 0 N–H and O–H groups in total. The lowest BCUT2D eigenvalue weighted by Crippen LogP contribution is -2.07. The van der Waals surface area contributed by atoms with Crippen LogP contribution < -0.4 is 0 Å². The van der Waals surface area contributed by atoms with Gasteiger partial charge in [0, 0.05) is 13.1 Å². The van der Waals surface area contributed by atoms with Crippen molar-refractivity contribution in [1.82, 2.24) is 14.8 Å². The Kier molecular flexibility index (Phi) is 4.89. The quantitative estimate of drug-likeness (QED) is 0.510. The molecule has 0 radical (unpaired) electrons. The predicted molar refractivity (Wildman–Crippen MR) is 87.8 cm³/mol. The smallest absolute Gasteiger partial charge is 0.191 e. The van der Waals surface area contributed by atoms with Crippen LogP contribution >= 0.6 is 11.8 Å². The molecule has 0 aliphatic rings. The molecule has 0 unspecified atom stereocenters. The number of benzene rings is 2. The Labute approximate surface area is 145 Å². The summed E-state index contributed by atoms with van der Waals surface area (Å²) in [5.41, 5.74) is 0.102. The van der Waals surface area contributed by atoms with Gasteiger partial charge < -0.3 is 4.57 Å². The van der Waals surface area contributed by atoms with E-state index in [2.05, 4.69) is 10.2 Å². The highest BCUT2D eigenvalue weighted by Crippen LogP contribution is 2.25. The molecule has 0 saturated heterocycles. The number of hydrogen-bond acceptors (Lipinski definition) is 4. The average Bonchev–Trinajstić information content (AvgIpc) is 2.94. The van der Waals surface area contributed by atoms with Gasteiger partial charge in [-0.05, 0) is 24.3 Å². The van der Waals surface area contributed by atoms with Crippen molar-refractivity contribution in [1.29, 1.82) is 0 Å². The topological polar surface area (TPSA) is 47.8 Å². The molecule has 2 aromatic carbocycles. The van der Waals surface area contributed by atoms with Crippen molar-refractivity contribution in [3.8, 4) is 11.4 Å². The van der Waals surface area contributed by atoms with Gasteiger partial charge in [-0.25, -0.2) is 13.2 Å². The molecule has 128 valence electrons. The molecule has 0 aliphatic heterocycles. The molecule has 25 heavy (non-hydrogen) atoms. The van der Waals surface area contributed by atoms with Crippen molar-refractivity contribution in [3.05, 3.63) is 65.5 Å². The van der Waals surface area contributed by atoms with Gasteiger partial charge >= 0.3 is 0 Å². The molecule has 0 aliphatic carbocycles. The molecule has 1 heterocycles. The first-order chi connectivity index (χ1) is 12.0. The van der Waals surface area contributed by atoms with E-state index in [4.69, 9.17) is 0 Å². The summed E-state index contributed by atoms with van der Waals surface area (Å²) in [5.74, 6) is -2.37. The fraction of sp³-hybridized carbons (Fsp3) is 0.118. The summed E-state index contributed by atoms with van der Waals surface area (Å²) < 4.78 is 41.9. The lowest BCUT2D eigenvalue weighted by Gasteiger charge is -2.05. The number of halogens is 3. The van der Waals surface area contributed by atoms with Crippen LogP contribution in [0.25, 0.3) is 11.4 Å². The molecule has 0 fully saturated rings. The first-order valence-electron chi connectivity index (χ1n) is 7.22. The van der Waals surface area contributed by atoms with Crippen molar-refractivity contribution in [2.45, 2.75) is 5.16 Å². The Bertz CT molecular complexity index is 943. The van der Waals surface area contributed by atoms with E-state index in [0.29, 0.717) is 22.6 Å². The molecule has 0 amide bonds. The lowest BCUT2D eigenvalue weighted by molar-refractivity contribution is 0.101. The van der Waals surface area contributed by atoms with Gasteiger partial charge in [0.1, 0.15) is 17.5 Å². The average molecular weight is 363 g/mol. The Balaban J connectivity index is 1.76. The molecule has 1 aromatic heterocycles. The number of aromatic nitrogens is 3. The van der Waals surface area contributed by atoms with Crippen LogP contribution in [0.15, 0.2) is 47.6 Å². The van der Waals surface area contributed by atoms with Gasteiger partial charge in [-0.3, -0.25) is 4.79 Å². The number of carbonyl (C=O) groups is 1. The molecule has 4 nitrogen and oxygen atoms in total. The first kappa shape index (κ1) is 17.2. The summed E-state index contributed by atoms with van der Waals surface area (Å²) in [7, 11) is 1.65. The standard InChI is InChI=1S/C17H12F3N3OS/c1-23-16(12-4-2-3-5-13(12)19)21-22-17(23)25-9-15(24)11-7-6-10(18)8-14(11)20/h2-8H,9H2,1H3. The molecule has 0 atom stereocenters. The van der Waals surface area contributed by atoms with E-state index < -0.39 is 23.2 Å². The molecular formula is C17H12F3N3OS. The summed E-state index contributed by atoms with van der Waals surface area (Å²) in [6.45, 7) is 0. The number of hydrogen-bond donors (Lipinski definition) is 0. The van der Waals surface area contributed by atoms with Crippen LogP contribution in [0.1, 0.15) is 10.4 Å². The molecule has 0 saturated carbocycles. The molecule has 0 spiro atoms. The lowest BCUT2D eigenvalue weighted by atomic mass is 10.1. The van der Waals surface area contributed by atoms with Gasteiger partial charge in [0.2, 0.25) is 0 Å². The number of rotatable bonds is 5. The van der Waals surface area contributed by atoms with Gasteiger partial charge in [0.15, 0.2) is 16.8 Å². The monoisotopic (exact) mass is 363 g/mol. The van der Waals surface area contributed by atoms with Crippen LogP contribution in [0.2, 0.25) is 0 Å². The van der Waals surface area contributed by atoms with E-state index in [1.807, 2.05) is 0 Å². The minimum absolute atomic E-state index is 0.105. The summed E-state index contributed by atoms with van der Waals surface area (Å²) in [5, 5.41) is 8.27. The second kappa shape index (κ2) is 7.10. The SMILES string of the molecule is Cn1c(SCC(=O)c2ccc(F)cc2F)nnc1-c1ccccc1F. The third-order valence-corrected chi connectivity index (χ3v) is 4.53. The Morgan fingerprint density at radius 3 is 2.56 bits per heavy atom. The Morgan fingerprint density at radius 2 is 1.84 bits per heavy atom. The van der Waals surface area contributed by atoms with Gasteiger partial charge in [-0.2, -0.15) is 0 Å². The zero-order valence-corrected chi connectivity index (χ0v) is 13.9. The number of nitrogens with zero attached hydrogens (tertiary/aromatic N) is 3. The number of thioether (sulfide) groups is 1. The van der Waals surface area contributed by atoms with Crippen LogP contribution in [0.5, 0.6) is 0 Å². The highest BCUT2D eigenvalue weighted by Gasteiger charge is 2.17. The van der Waals surface area contributed by atoms with Crippen molar-refractivity contribution < 1.29 is 18.0 Å². The second-order valence-electron chi connectivity index (χ2n) is 5.18. The first-order valence-corrected chi connectivity index (χ1v) is 8.21. The molecule has 0 bridgehead atoms. The number of carbonyl (C=O) groups excluding carboxylic acids is 1. The predicted octanol–water partition coefficient (Wildman–Crippen LogP) is 3.87. The van der Waals surface area contributed by atoms with Crippen molar-refractivity contribution in [2.24, 2.45) is 7.05 Å². The minimum atomic E-state index is -0.907. The van der Waals surface area contributed by atoms with Gasteiger partial charge in [0.25, 0.3) is 0 Å². The zero-order valence-electron chi connectivity index (χ0n) is 13.0. The third kappa shape index (κ3) is 3.58. The molecule has 3 rings (SSSR count). The third-order valence-electron chi connectivity index (χ3n) is 3.51. The maximum atomic E-state index is 13.9. The highest BCUT2D eigenvalue weighted by molar-refractivity contribution is 7.99. The van der Waals surface area contributed by atoms with Crippen molar-refractivity contribution in [3.63, 3.8) is 0 Å². The minimum Gasteiger partial charge on any atom is -0.305 e. The van der Waals surface area contributed by atoms with Crippen molar-refractivity contribution >= 4 is 17.5 Å². The van der Waals surface area contributed by atoms with Gasteiger partial charge in [-0.15, -0.1) is 10.2 Å². The highest BCUT2D eigenvalue weighted by atomic mass is 32.2.